The quantitative estimate of drug-likeness (QED) is 0.912. The van der Waals surface area contributed by atoms with E-state index in [9.17, 15) is 8.78 Å². The van der Waals surface area contributed by atoms with Crippen LogP contribution in [0.1, 0.15) is 36.6 Å². The van der Waals surface area contributed by atoms with Gasteiger partial charge in [-0.1, -0.05) is 6.07 Å². The molecule has 1 aliphatic rings. The van der Waals surface area contributed by atoms with Crippen LogP contribution < -0.4 is 14.8 Å². The normalized spacial score (nSPS) is 16.6. The van der Waals surface area contributed by atoms with E-state index in [0.29, 0.717) is 24.7 Å². The molecule has 2 N–H and O–H groups in total. The summed E-state index contributed by atoms with van der Waals surface area (Å²) in [5, 5.41) is 1.97. The highest BCUT2D eigenvalue weighted by Gasteiger charge is 2.31. The van der Waals surface area contributed by atoms with E-state index in [4.69, 9.17) is 9.47 Å². The van der Waals surface area contributed by atoms with Gasteiger partial charge < -0.3 is 14.8 Å². The lowest BCUT2D eigenvalue weighted by Crippen LogP contribution is -2.87. The Morgan fingerprint density at radius 3 is 2.29 bits per heavy atom. The fraction of sp³-hybridized carbons (Fsp3) is 0.368. The second-order valence-corrected chi connectivity index (χ2v) is 5.75. The maximum absolute atomic E-state index is 14.3. The third-order valence-electron chi connectivity index (χ3n) is 4.27. The Morgan fingerprint density at radius 2 is 1.67 bits per heavy atom. The molecule has 2 aromatic carbocycles. The zero-order valence-electron chi connectivity index (χ0n) is 13.9. The number of ether oxygens (including phenoxy) is 2. The summed E-state index contributed by atoms with van der Waals surface area (Å²) < 4.78 is 39.9. The van der Waals surface area contributed by atoms with Crippen LogP contribution in [-0.2, 0) is 6.42 Å². The van der Waals surface area contributed by atoms with Crippen LogP contribution in [0.3, 0.4) is 0 Å². The smallest absolute Gasteiger partial charge is 0.161 e. The summed E-state index contributed by atoms with van der Waals surface area (Å²) in [5.74, 6) is 0.273. The number of halogens is 2. The molecule has 2 aromatic rings. The molecular formula is C19H22F2NO2+. The van der Waals surface area contributed by atoms with Crippen molar-refractivity contribution in [2.45, 2.75) is 26.3 Å². The standard InChI is InChI=1S/C19H21F2NO2/c1-3-23-16-10-12-8-9-22-19(13(12)11-17(16)24-4-2)18-14(20)6-5-7-15(18)21/h5-7,10-11,19,22H,3-4,8-9H2,1-2H3/p+1/t19-/m1/s1. The van der Waals surface area contributed by atoms with Crippen molar-refractivity contribution in [2.24, 2.45) is 0 Å². The molecule has 5 heteroatoms. The Morgan fingerprint density at radius 1 is 1.04 bits per heavy atom. The molecule has 0 aliphatic carbocycles. The van der Waals surface area contributed by atoms with Gasteiger partial charge in [0.25, 0.3) is 0 Å². The monoisotopic (exact) mass is 334 g/mol. The Hall–Kier alpha value is -2.14. The highest BCUT2D eigenvalue weighted by atomic mass is 19.1. The molecule has 0 aromatic heterocycles. The van der Waals surface area contributed by atoms with E-state index in [1.54, 1.807) is 0 Å². The fourth-order valence-electron chi connectivity index (χ4n) is 3.27. The van der Waals surface area contributed by atoms with Crippen molar-refractivity contribution in [2.75, 3.05) is 19.8 Å². The van der Waals surface area contributed by atoms with Crippen molar-refractivity contribution in [1.29, 1.82) is 0 Å². The molecule has 1 atom stereocenters. The first-order chi connectivity index (χ1) is 11.7. The first-order valence-electron chi connectivity index (χ1n) is 8.35. The maximum atomic E-state index is 14.3. The van der Waals surface area contributed by atoms with E-state index >= 15 is 0 Å². The Kier molecular flexibility index (Phi) is 5.00. The molecule has 1 aliphatic heterocycles. The summed E-state index contributed by atoms with van der Waals surface area (Å²) in [6.45, 7) is 5.62. The van der Waals surface area contributed by atoms with E-state index in [0.717, 1.165) is 24.1 Å². The predicted octanol–water partition coefficient (Wildman–Crippen LogP) is 2.97. The lowest BCUT2D eigenvalue weighted by molar-refractivity contribution is -0.690. The lowest BCUT2D eigenvalue weighted by Gasteiger charge is -2.26. The van der Waals surface area contributed by atoms with E-state index in [-0.39, 0.29) is 5.56 Å². The van der Waals surface area contributed by atoms with Gasteiger partial charge in [0, 0.05) is 12.0 Å². The summed E-state index contributed by atoms with van der Waals surface area (Å²) in [5.41, 5.74) is 2.04. The van der Waals surface area contributed by atoms with Crippen molar-refractivity contribution in [3.8, 4) is 11.5 Å². The minimum atomic E-state index is -0.518. The van der Waals surface area contributed by atoms with Crippen LogP contribution in [0.2, 0.25) is 0 Å². The summed E-state index contributed by atoms with van der Waals surface area (Å²) in [4.78, 5) is 0. The van der Waals surface area contributed by atoms with Crippen molar-refractivity contribution in [1.82, 2.24) is 0 Å². The number of fused-ring (bicyclic) bond motifs is 1. The summed E-state index contributed by atoms with van der Waals surface area (Å²) in [7, 11) is 0. The van der Waals surface area contributed by atoms with Crippen LogP contribution in [0.4, 0.5) is 8.78 Å². The molecule has 0 saturated carbocycles. The van der Waals surface area contributed by atoms with Crippen LogP contribution >= 0.6 is 0 Å². The minimum Gasteiger partial charge on any atom is -0.490 e. The van der Waals surface area contributed by atoms with E-state index in [1.807, 2.05) is 31.3 Å². The molecule has 0 radical (unpaired) electrons. The number of hydrogen-bond donors (Lipinski definition) is 1. The van der Waals surface area contributed by atoms with Gasteiger partial charge in [-0.2, -0.15) is 0 Å². The summed E-state index contributed by atoms with van der Waals surface area (Å²) >= 11 is 0. The third-order valence-corrected chi connectivity index (χ3v) is 4.27. The van der Waals surface area contributed by atoms with Gasteiger partial charge in [-0.05, 0) is 43.7 Å². The van der Waals surface area contributed by atoms with Crippen LogP contribution in [0.15, 0.2) is 30.3 Å². The summed E-state index contributed by atoms with van der Waals surface area (Å²) in [6, 6.07) is 7.40. The molecule has 3 nitrogen and oxygen atoms in total. The van der Waals surface area contributed by atoms with E-state index in [2.05, 4.69) is 0 Å². The van der Waals surface area contributed by atoms with Crippen LogP contribution in [0.5, 0.6) is 11.5 Å². The molecule has 0 fully saturated rings. The molecule has 1 heterocycles. The second-order valence-electron chi connectivity index (χ2n) is 5.75. The van der Waals surface area contributed by atoms with Crippen LogP contribution in [0.25, 0.3) is 0 Å². The average molecular weight is 334 g/mol. The summed E-state index contributed by atoms with van der Waals surface area (Å²) in [6.07, 6.45) is 0.828. The number of benzene rings is 2. The van der Waals surface area contributed by atoms with Gasteiger partial charge in [0.15, 0.2) is 11.5 Å². The molecule has 128 valence electrons. The van der Waals surface area contributed by atoms with Gasteiger partial charge in [0.05, 0.1) is 25.3 Å². The zero-order chi connectivity index (χ0) is 17.1. The molecule has 0 spiro atoms. The number of nitrogens with two attached hydrogens (primary N) is 1. The van der Waals surface area contributed by atoms with E-state index < -0.39 is 17.7 Å². The number of hydrogen-bond acceptors (Lipinski definition) is 2. The SMILES string of the molecule is CCOc1cc2c(cc1OCC)[C@H](c1c(F)cccc1F)[NH2+]CC2. The highest BCUT2D eigenvalue weighted by Crippen LogP contribution is 2.37. The lowest BCUT2D eigenvalue weighted by atomic mass is 9.89. The molecule has 24 heavy (non-hydrogen) atoms. The van der Waals surface area contributed by atoms with E-state index in [1.165, 1.54) is 18.2 Å². The first-order valence-corrected chi connectivity index (χ1v) is 8.35. The second kappa shape index (κ2) is 7.18. The van der Waals surface area contributed by atoms with Crippen LogP contribution in [-0.4, -0.2) is 19.8 Å². The minimum absolute atomic E-state index is 0.102. The largest absolute Gasteiger partial charge is 0.490 e. The fourth-order valence-corrected chi connectivity index (χ4v) is 3.27. The Bertz CT molecular complexity index is 713. The van der Waals surface area contributed by atoms with Crippen LogP contribution in [0, 0.1) is 11.6 Å². The van der Waals surface area contributed by atoms with Crippen molar-refractivity contribution in [3.05, 3.63) is 58.7 Å². The number of quaternary nitrogens is 1. The van der Waals surface area contributed by atoms with Gasteiger partial charge in [-0.15, -0.1) is 0 Å². The first kappa shape index (κ1) is 16.7. The van der Waals surface area contributed by atoms with Gasteiger partial charge in [-0.3, -0.25) is 0 Å². The molecular weight excluding hydrogens is 312 g/mol. The third kappa shape index (κ3) is 3.08. The average Bonchev–Trinajstić information content (AvgIpc) is 2.56. The molecule has 0 amide bonds. The molecule has 0 saturated heterocycles. The topological polar surface area (TPSA) is 35.1 Å². The molecule has 0 bridgehead atoms. The number of rotatable bonds is 5. The highest BCUT2D eigenvalue weighted by molar-refractivity contribution is 5.50. The maximum Gasteiger partial charge on any atom is 0.161 e. The molecule has 3 rings (SSSR count). The van der Waals surface area contributed by atoms with Gasteiger partial charge in [0.1, 0.15) is 17.7 Å². The zero-order valence-corrected chi connectivity index (χ0v) is 13.9. The van der Waals surface area contributed by atoms with Crippen molar-refractivity contribution in [3.63, 3.8) is 0 Å². The molecule has 0 unspecified atom stereocenters. The Labute approximate surface area is 140 Å². The van der Waals surface area contributed by atoms with Gasteiger partial charge in [-0.25, -0.2) is 8.78 Å². The predicted molar refractivity (Wildman–Crippen MR) is 87.5 cm³/mol. The van der Waals surface area contributed by atoms with Crippen molar-refractivity contribution >= 4 is 0 Å². The van der Waals surface area contributed by atoms with Gasteiger partial charge in [0.2, 0.25) is 0 Å². The van der Waals surface area contributed by atoms with Gasteiger partial charge >= 0.3 is 0 Å². The Balaban J connectivity index is 2.11. The van der Waals surface area contributed by atoms with Crippen molar-refractivity contribution < 1.29 is 23.6 Å².